The summed E-state index contributed by atoms with van der Waals surface area (Å²) in [6.07, 6.45) is 1.63. The molecule has 0 bridgehead atoms. The van der Waals surface area contributed by atoms with Crippen molar-refractivity contribution < 1.29 is 28.6 Å². The molecule has 30 heavy (non-hydrogen) atoms. The molecule has 3 rings (SSSR count). The van der Waals surface area contributed by atoms with Gasteiger partial charge in [-0.15, -0.1) is 0 Å². The maximum Gasteiger partial charge on any atom is 0.323 e. The zero-order valence-electron chi connectivity index (χ0n) is 16.0. The van der Waals surface area contributed by atoms with Crippen LogP contribution in [0.4, 0.5) is 4.39 Å². The Kier molecular flexibility index (Phi) is 7.07. The predicted molar refractivity (Wildman–Crippen MR) is 116 cm³/mol. The first-order valence-corrected chi connectivity index (χ1v) is 10.2. The minimum Gasteiger partial charge on any atom is -0.490 e. The lowest BCUT2D eigenvalue weighted by atomic mass is 10.1. The summed E-state index contributed by atoms with van der Waals surface area (Å²) in [6.45, 7) is 2.03. The number of ether oxygens (including phenoxy) is 2. The number of hydrogen-bond acceptors (Lipinski definition) is 6. The molecule has 0 saturated carbocycles. The van der Waals surface area contributed by atoms with Crippen molar-refractivity contribution in [2.24, 2.45) is 0 Å². The highest BCUT2D eigenvalue weighted by atomic mass is 32.2. The molecule has 0 atom stereocenters. The SMILES string of the molecule is CCOc1cc(/C=C2/SC(=S)N(CC(=O)O)C2=O)ccc1OCc1ccc(F)cc1. The molecule has 1 aliphatic rings. The van der Waals surface area contributed by atoms with Crippen LogP contribution >= 0.6 is 24.0 Å². The van der Waals surface area contributed by atoms with E-state index in [4.69, 9.17) is 26.8 Å². The van der Waals surface area contributed by atoms with E-state index in [1.165, 1.54) is 12.1 Å². The molecule has 0 aliphatic carbocycles. The monoisotopic (exact) mass is 447 g/mol. The molecule has 6 nitrogen and oxygen atoms in total. The standard InChI is InChI=1S/C21H18FNO5S2/c1-2-27-17-9-14(10-18-20(26)23(11-19(24)25)21(29)30-18)5-8-16(17)28-12-13-3-6-15(22)7-4-13/h3-10H,2,11-12H2,1H3,(H,24,25)/b18-10+. The number of thiocarbonyl (C=S) groups is 1. The second kappa shape index (κ2) is 9.73. The molecule has 2 aromatic rings. The predicted octanol–water partition coefficient (Wildman–Crippen LogP) is 4.09. The van der Waals surface area contributed by atoms with E-state index >= 15 is 0 Å². The van der Waals surface area contributed by atoms with Gasteiger partial charge in [-0.2, -0.15) is 0 Å². The lowest BCUT2D eigenvalue weighted by Crippen LogP contribution is -2.33. The van der Waals surface area contributed by atoms with E-state index in [0.29, 0.717) is 28.6 Å². The number of carboxylic acid groups (broad SMARTS) is 1. The number of hydrogen-bond donors (Lipinski definition) is 1. The van der Waals surface area contributed by atoms with Gasteiger partial charge in [0.1, 0.15) is 23.3 Å². The van der Waals surface area contributed by atoms with Crippen molar-refractivity contribution in [1.29, 1.82) is 0 Å². The number of carbonyl (C=O) groups excluding carboxylic acids is 1. The van der Waals surface area contributed by atoms with Crippen LogP contribution in [0.1, 0.15) is 18.1 Å². The summed E-state index contributed by atoms with van der Waals surface area (Å²) in [5.74, 6) is -0.881. The molecular weight excluding hydrogens is 429 g/mol. The second-order valence-corrected chi connectivity index (χ2v) is 7.89. The van der Waals surface area contributed by atoms with Crippen molar-refractivity contribution in [2.75, 3.05) is 13.2 Å². The van der Waals surface area contributed by atoms with Gasteiger partial charge in [0.15, 0.2) is 11.5 Å². The quantitative estimate of drug-likeness (QED) is 0.483. The third-order valence-corrected chi connectivity index (χ3v) is 5.42. The van der Waals surface area contributed by atoms with Gasteiger partial charge in [-0.1, -0.05) is 42.2 Å². The summed E-state index contributed by atoms with van der Waals surface area (Å²) < 4.78 is 24.7. The Bertz CT molecular complexity index is 1010. The minimum absolute atomic E-state index is 0.206. The summed E-state index contributed by atoms with van der Waals surface area (Å²) in [7, 11) is 0. The van der Waals surface area contributed by atoms with Crippen LogP contribution in [-0.4, -0.2) is 39.4 Å². The van der Waals surface area contributed by atoms with Crippen molar-refractivity contribution in [2.45, 2.75) is 13.5 Å². The summed E-state index contributed by atoms with van der Waals surface area (Å²) in [6, 6.07) is 11.2. The lowest BCUT2D eigenvalue weighted by molar-refractivity contribution is -0.140. The van der Waals surface area contributed by atoms with E-state index in [2.05, 4.69) is 0 Å². The Labute approximate surface area is 182 Å². The van der Waals surface area contributed by atoms with Gasteiger partial charge in [-0.05, 0) is 48.4 Å². The first-order valence-electron chi connectivity index (χ1n) is 8.98. The van der Waals surface area contributed by atoms with E-state index in [1.54, 1.807) is 36.4 Å². The van der Waals surface area contributed by atoms with Crippen molar-refractivity contribution >= 4 is 46.3 Å². The zero-order valence-corrected chi connectivity index (χ0v) is 17.6. The number of thioether (sulfide) groups is 1. The van der Waals surface area contributed by atoms with E-state index < -0.39 is 18.4 Å². The maximum atomic E-state index is 13.0. The highest BCUT2D eigenvalue weighted by Gasteiger charge is 2.33. The molecule has 156 valence electrons. The number of aliphatic carboxylic acids is 1. The number of rotatable bonds is 8. The van der Waals surface area contributed by atoms with Crippen molar-refractivity contribution in [3.05, 3.63) is 64.3 Å². The number of benzene rings is 2. The third-order valence-electron chi connectivity index (χ3n) is 4.04. The van der Waals surface area contributed by atoms with E-state index in [1.807, 2.05) is 6.92 Å². The highest BCUT2D eigenvalue weighted by molar-refractivity contribution is 8.26. The average molecular weight is 448 g/mol. The molecule has 1 aliphatic heterocycles. The van der Waals surface area contributed by atoms with Gasteiger partial charge in [-0.25, -0.2) is 4.39 Å². The van der Waals surface area contributed by atoms with Crippen LogP contribution in [0.25, 0.3) is 6.08 Å². The van der Waals surface area contributed by atoms with Gasteiger partial charge in [0.05, 0.1) is 11.5 Å². The van der Waals surface area contributed by atoms with E-state index in [-0.39, 0.29) is 16.7 Å². The van der Waals surface area contributed by atoms with Gasteiger partial charge in [-0.3, -0.25) is 14.5 Å². The highest BCUT2D eigenvalue weighted by Crippen LogP contribution is 2.35. The third kappa shape index (κ3) is 5.37. The number of nitrogens with zero attached hydrogens (tertiary/aromatic N) is 1. The normalized spacial score (nSPS) is 15.0. The topological polar surface area (TPSA) is 76.1 Å². The van der Waals surface area contributed by atoms with Gasteiger partial charge >= 0.3 is 5.97 Å². The first-order chi connectivity index (χ1) is 14.4. The van der Waals surface area contributed by atoms with E-state index in [0.717, 1.165) is 22.2 Å². The van der Waals surface area contributed by atoms with Crippen molar-refractivity contribution in [3.63, 3.8) is 0 Å². The van der Waals surface area contributed by atoms with Gasteiger partial charge < -0.3 is 14.6 Å². The molecule has 0 spiro atoms. The summed E-state index contributed by atoms with van der Waals surface area (Å²) in [5, 5.41) is 8.93. The first kappa shape index (κ1) is 21.8. The fourth-order valence-corrected chi connectivity index (χ4v) is 3.92. The molecule has 0 aromatic heterocycles. The van der Waals surface area contributed by atoms with E-state index in [9.17, 15) is 14.0 Å². The van der Waals surface area contributed by atoms with Crippen molar-refractivity contribution in [1.82, 2.24) is 4.90 Å². The Morgan fingerprint density at radius 1 is 1.20 bits per heavy atom. The van der Waals surface area contributed by atoms with Crippen LogP contribution in [0.3, 0.4) is 0 Å². The van der Waals surface area contributed by atoms with Crippen LogP contribution in [0.15, 0.2) is 47.4 Å². The summed E-state index contributed by atoms with van der Waals surface area (Å²) in [4.78, 5) is 24.7. The van der Waals surface area contributed by atoms with Crippen LogP contribution in [-0.2, 0) is 16.2 Å². The van der Waals surface area contributed by atoms with Crippen LogP contribution in [0, 0.1) is 5.82 Å². The number of halogens is 1. The number of carboxylic acids is 1. The average Bonchev–Trinajstić information content (AvgIpc) is 2.96. The molecule has 1 fully saturated rings. The molecular formula is C21H18FNO5S2. The fourth-order valence-electron chi connectivity index (χ4n) is 2.67. The Hall–Kier alpha value is -2.91. The molecule has 1 N–H and O–H groups in total. The van der Waals surface area contributed by atoms with Crippen molar-refractivity contribution in [3.8, 4) is 11.5 Å². The maximum absolute atomic E-state index is 13.0. The molecule has 9 heteroatoms. The zero-order chi connectivity index (χ0) is 21.7. The Morgan fingerprint density at radius 3 is 2.60 bits per heavy atom. The fraction of sp³-hybridized carbons (Fsp3) is 0.190. The van der Waals surface area contributed by atoms with Gasteiger partial charge in [0.25, 0.3) is 5.91 Å². The molecule has 1 heterocycles. The Morgan fingerprint density at radius 2 is 1.93 bits per heavy atom. The van der Waals surface area contributed by atoms with Crippen LogP contribution in [0.2, 0.25) is 0 Å². The van der Waals surface area contributed by atoms with Crippen LogP contribution in [0.5, 0.6) is 11.5 Å². The lowest BCUT2D eigenvalue weighted by Gasteiger charge is -2.13. The van der Waals surface area contributed by atoms with Gasteiger partial charge in [0.2, 0.25) is 0 Å². The molecule has 0 unspecified atom stereocenters. The summed E-state index contributed by atoms with van der Waals surface area (Å²) in [5.41, 5.74) is 1.49. The number of carbonyl (C=O) groups is 2. The molecule has 2 aromatic carbocycles. The largest absolute Gasteiger partial charge is 0.490 e. The second-order valence-electron chi connectivity index (χ2n) is 6.22. The smallest absolute Gasteiger partial charge is 0.323 e. The minimum atomic E-state index is -1.13. The molecule has 1 saturated heterocycles. The Balaban J connectivity index is 1.78. The van der Waals surface area contributed by atoms with Gasteiger partial charge in [0, 0.05) is 0 Å². The van der Waals surface area contributed by atoms with Crippen LogP contribution < -0.4 is 9.47 Å². The number of amides is 1. The molecule has 0 radical (unpaired) electrons. The molecule has 1 amide bonds. The summed E-state index contributed by atoms with van der Waals surface area (Å²) >= 11 is 6.16.